The van der Waals surface area contributed by atoms with Crippen LogP contribution in [0.5, 0.6) is 17.2 Å². The van der Waals surface area contributed by atoms with Gasteiger partial charge in [0.25, 0.3) is 5.91 Å². The van der Waals surface area contributed by atoms with Gasteiger partial charge in [0.15, 0.2) is 17.3 Å². The molecule has 1 aromatic heterocycles. The number of methoxy groups -OCH3 is 3. The number of para-hydroxylation sites is 2. The number of amides is 1. The summed E-state index contributed by atoms with van der Waals surface area (Å²) in [6.45, 7) is 7.40. The zero-order valence-corrected chi connectivity index (χ0v) is 27.2. The van der Waals surface area contributed by atoms with Gasteiger partial charge in [-0.15, -0.1) is 0 Å². The number of H-pyrrole nitrogens is 1. The number of likely N-dealkylation sites (tertiary alicyclic amines) is 1. The molecule has 1 saturated heterocycles. The maximum absolute atomic E-state index is 13.7. The molecule has 0 bridgehead atoms. The first-order valence-corrected chi connectivity index (χ1v) is 15.6. The average Bonchev–Trinajstić information content (AvgIpc) is 3.51. The number of aryl methyl sites for hydroxylation is 2. The van der Waals surface area contributed by atoms with Gasteiger partial charge in [0.1, 0.15) is 0 Å². The van der Waals surface area contributed by atoms with Crippen LogP contribution >= 0.6 is 0 Å². The number of imidazole rings is 1. The lowest BCUT2D eigenvalue weighted by molar-refractivity contribution is 0.0779. The van der Waals surface area contributed by atoms with Crippen LogP contribution in [0.25, 0.3) is 11.0 Å². The summed E-state index contributed by atoms with van der Waals surface area (Å²) >= 11 is 0. The number of ketones is 1. The zero-order chi connectivity index (χ0) is 32.1. The molecule has 1 fully saturated rings. The first-order chi connectivity index (χ1) is 21.7. The summed E-state index contributed by atoms with van der Waals surface area (Å²) in [5, 5.41) is 0. The molecule has 45 heavy (non-hydrogen) atoms. The summed E-state index contributed by atoms with van der Waals surface area (Å²) in [6.07, 6.45) is 2.50. The Morgan fingerprint density at radius 2 is 1.64 bits per heavy atom. The fraction of sp³-hybridized carbons (Fsp3) is 0.417. The van der Waals surface area contributed by atoms with Crippen molar-refractivity contribution in [1.82, 2.24) is 19.8 Å². The summed E-state index contributed by atoms with van der Waals surface area (Å²) in [7, 11) is 6.48. The van der Waals surface area contributed by atoms with E-state index in [2.05, 4.69) is 46.9 Å². The molecule has 1 aliphatic rings. The third-order valence-corrected chi connectivity index (χ3v) is 9.13. The monoisotopic (exact) mass is 612 g/mol. The molecule has 0 radical (unpaired) electrons. The number of piperidine rings is 1. The molecule has 1 unspecified atom stereocenters. The van der Waals surface area contributed by atoms with Crippen molar-refractivity contribution in [3.05, 3.63) is 82.7 Å². The van der Waals surface area contributed by atoms with Crippen LogP contribution in [0.3, 0.4) is 0 Å². The molecule has 0 aliphatic carbocycles. The number of hydrogen-bond donors (Lipinski definition) is 1. The molecule has 5 rings (SSSR count). The molecular weight excluding hydrogens is 568 g/mol. The van der Waals surface area contributed by atoms with E-state index in [0.717, 1.165) is 49.9 Å². The fourth-order valence-electron chi connectivity index (χ4n) is 6.24. The Balaban J connectivity index is 1.25. The van der Waals surface area contributed by atoms with Crippen molar-refractivity contribution in [2.24, 2.45) is 5.92 Å². The molecule has 238 valence electrons. The number of nitrogens with zero attached hydrogens (tertiary/aromatic N) is 3. The van der Waals surface area contributed by atoms with Crippen molar-refractivity contribution < 1.29 is 23.8 Å². The van der Waals surface area contributed by atoms with Gasteiger partial charge < -0.3 is 29.0 Å². The van der Waals surface area contributed by atoms with E-state index < -0.39 is 0 Å². The van der Waals surface area contributed by atoms with Gasteiger partial charge in [0.05, 0.1) is 32.4 Å². The van der Waals surface area contributed by atoms with Crippen LogP contribution < -0.4 is 14.2 Å². The molecule has 1 aliphatic heterocycles. The molecule has 2 heterocycles. The Hall–Kier alpha value is -4.37. The third-order valence-electron chi connectivity index (χ3n) is 9.13. The van der Waals surface area contributed by atoms with Gasteiger partial charge in [-0.25, -0.2) is 4.98 Å². The van der Waals surface area contributed by atoms with Crippen LogP contribution in [0.2, 0.25) is 0 Å². The lowest BCUT2D eigenvalue weighted by Gasteiger charge is -2.33. The van der Waals surface area contributed by atoms with Gasteiger partial charge in [0.2, 0.25) is 11.5 Å². The molecule has 1 atom stereocenters. The van der Waals surface area contributed by atoms with Gasteiger partial charge in [-0.2, -0.15) is 0 Å². The largest absolute Gasteiger partial charge is 0.493 e. The molecule has 0 spiro atoms. The van der Waals surface area contributed by atoms with Gasteiger partial charge in [-0.05, 0) is 93.7 Å². The summed E-state index contributed by atoms with van der Waals surface area (Å²) in [5.41, 5.74) is 5.89. The number of fused-ring (bicyclic) bond motifs is 1. The Labute approximate surface area is 265 Å². The molecule has 1 amide bonds. The first kappa shape index (κ1) is 32.0. The minimum Gasteiger partial charge on any atom is -0.493 e. The van der Waals surface area contributed by atoms with E-state index in [-0.39, 0.29) is 23.5 Å². The highest BCUT2D eigenvalue weighted by molar-refractivity contribution is 5.97. The summed E-state index contributed by atoms with van der Waals surface area (Å²) in [4.78, 5) is 38.9. The van der Waals surface area contributed by atoms with E-state index in [1.807, 2.05) is 31.3 Å². The fourth-order valence-corrected chi connectivity index (χ4v) is 6.24. The van der Waals surface area contributed by atoms with E-state index in [1.165, 1.54) is 16.7 Å². The van der Waals surface area contributed by atoms with Crippen LogP contribution in [0.4, 0.5) is 0 Å². The van der Waals surface area contributed by atoms with E-state index in [1.54, 1.807) is 38.4 Å². The van der Waals surface area contributed by atoms with Crippen molar-refractivity contribution in [2.75, 3.05) is 54.6 Å². The average molecular weight is 613 g/mol. The SMILES string of the molecule is COc1cc(C(=O)N(C)CC(CCN2CCC(C(=O)c3nc4ccccc4[nH]3)CC2)c2ccc(C)c(C)c2)cc(OC)c1OC. The first-order valence-electron chi connectivity index (χ1n) is 15.6. The predicted octanol–water partition coefficient (Wildman–Crippen LogP) is 6.05. The van der Waals surface area contributed by atoms with Crippen LogP contribution in [0.15, 0.2) is 54.6 Å². The number of rotatable bonds is 12. The van der Waals surface area contributed by atoms with E-state index in [4.69, 9.17) is 14.2 Å². The molecule has 9 heteroatoms. The van der Waals surface area contributed by atoms with Crippen molar-refractivity contribution in [3.63, 3.8) is 0 Å². The van der Waals surface area contributed by atoms with Gasteiger partial charge >= 0.3 is 0 Å². The van der Waals surface area contributed by atoms with E-state index in [0.29, 0.717) is 35.2 Å². The quantitative estimate of drug-likeness (QED) is 0.195. The van der Waals surface area contributed by atoms with E-state index in [9.17, 15) is 9.59 Å². The van der Waals surface area contributed by atoms with Crippen LogP contribution in [0.1, 0.15) is 62.8 Å². The normalized spacial score (nSPS) is 14.7. The van der Waals surface area contributed by atoms with Crippen molar-refractivity contribution in [2.45, 2.75) is 39.0 Å². The third kappa shape index (κ3) is 7.14. The number of ether oxygens (including phenoxy) is 3. The van der Waals surface area contributed by atoms with Crippen LogP contribution in [0, 0.1) is 19.8 Å². The van der Waals surface area contributed by atoms with Crippen molar-refractivity contribution >= 4 is 22.7 Å². The topological polar surface area (TPSA) is 97.0 Å². The molecule has 4 aromatic rings. The Kier molecular flexibility index (Phi) is 10.1. The highest BCUT2D eigenvalue weighted by Gasteiger charge is 2.29. The number of likely N-dealkylation sites (N-methyl/N-ethyl adjacent to an activating group) is 1. The number of Topliss-reactive ketones (excluding diaryl/α,β-unsaturated/α-hetero) is 1. The number of benzene rings is 3. The second-order valence-electron chi connectivity index (χ2n) is 12.0. The van der Waals surface area contributed by atoms with Gasteiger partial charge in [0, 0.05) is 31.0 Å². The number of hydrogen-bond acceptors (Lipinski definition) is 7. The minimum absolute atomic E-state index is 0.0282. The number of carbonyl (C=O) groups is 2. The molecular formula is C36H44N4O5. The van der Waals surface area contributed by atoms with Gasteiger partial charge in [-0.3, -0.25) is 9.59 Å². The molecule has 1 N–H and O–H groups in total. The second kappa shape index (κ2) is 14.2. The standard InChI is InChI=1S/C36H44N4O5/c1-23-11-12-26(19-24(23)2)27(22-39(3)36(42)28-20-31(43-4)34(45-6)32(21-28)44-5)15-18-40-16-13-25(14-17-40)33(41)35-37-29-9-7-8-10-30(29)38-35/h7-12,19-21,25,27H,13-18,22H2,1-6H3,(H,37,38). The Morgan fingerprint density at radius 3 is 2.27 bits per heavy atom. The lowest BCUT2D eigenvalue weighted by atomic mass is 9.90. The summed E-state index contributed by atoms with van der Waals surface area (Å²) in [6, 6.07) is 17.7. The molecule has 3 aromatic carbocycles. The Bertz CT molecular complexity index is 1600. The maximum Gasteiger partial charge on any atom is 0.253 e. The van der Waals surface area contributed by atoms with Gasteiger partial charge in [-0.1, -0.05) is 30.3 Å². The summed E-state index contributed by atoms with van der Waals surface area (Å²) in [5.74, 6) is 1.90. The minimum atomic E-state index is -0.118. The maximum atomic E-state index is 13.7. The van der Waals surface area contributed by atoms with Crippen LogP contribution in [-0.2, 0) is 0 Å². The summed E-state index contributed by atoms with van der Waals surface area (Å²) < 4.78 is 16.4. The number of nitrogens with one attached hydrogen (secondary N) is 1. The predicted molar refractivity (Wildman–Crippen MR) is 176 cm³/mol. The lowest BCUT2D eigenvalue weighted by Crippen LogP contribution is -2.38. The highest BCUT2D eigenvalue weighted by atomic mass is 16.5. The zero-order valence-electron chi connectivity index (χ0n) is 27.2. The highest BCUT2D eigenvalue weighted by Crippen LogP contribution is 2.38. The number of aromatic amines is 1. The Morgan fingerprint density at radius 1 is 0.956 bits per heavy atom. The van der Waals surface area contributed by atoms with Crippen molar-refractivity contribution in [3.8, 4) is 17.2 Å². The van der Waals surface area contributed by atoms with Crippen molar-refractivity contribution in [1.29, 1.82) is 0 Å². The molecule has 9 nitrogen and oxygen atoms in total. The number of aromatic nitrogens is 2. The number of carbonyl (C=O) groups excluding carboxylic acids is 2. The van der Waals surface area contributed by atoms with E-state index >= 15 is 0 Å². The van der Waals surface area contributed by atoms with Crippen LogP contribution in [-0.4, -0.2) is 86.0 Å². The second-order valence-corrected chi connectivity index (χ2v) is 12.0. The molecule has 0 saturated carbocycles. The smallest absolute Gasteiger partial charge is 0.253 e.